The number of aryl methyl sites for hydroxylation is 2. The van der Waals surface area contributed by atoms with Crippen molar-refractivity contribution >= 4 is 39.7 Å². The predicted octanol–water partition coefficient (Wildman–Crippen LogP) is 7.03. The van der Waals surface area contributed by atoms with Gasteiger partial charge in [-0.2, -0.15) is 13.2 Å². The van der Waals surface area contributed by atoms with E-state index in [1.54, 1.807) is 6.92 Å². The second kappa shape index (κ2) is 8.54. The summed E-state index contributed by atoms with van der Waals surface area (Å²) in [6.45, 7) is 1.74. The van der Waals surface area contributed by atoms with Crippen molar-refractivity contribution in [1.29, 1.82) is 0 Å². The number of furan rings is 1. The van der Waals surface area contributed by atoms with Crippen LogP contribution < -0.4 is 10.1 Å². The lowest BCUT2D eigenvalue weighted by Gasteiger charge is -2.12. The van der Waals surface area contributed by atoms with Crippen LogP contribution in [0.1, 0.15) is 42.2 Å². The zero-order valence-corrected chi connectivity index (χ0v) is 18.3. The maximum absolute atomic E-state index is 13.0. The van der Waals surface area contributed by atoms with Crippen molar-refractivity contribution in [2.75, 3.05) is 12.4 Å². The molecule has 4 nitrogen and oxygen atoms in total. The van der Waals surface area contributed by atoms with Gasteiger partial charge in [0.05, 0.1) is 23.4 Å². The Morgan fingerprint density at radius 2 is 1.94 bits per heavy atom. The van der Waals surface area contributed by atoms with Crippen LogP contribution in [0.2, 0.25) is 5.02 Å². The number of halogens is 4. The third kappa shape index (κ3) is 4.35. The molecule has 32 heavy (non-hydrogen) atoms. The number of carbonyl (C=O) groups is 1. The summed E-state index contributed by atoms with van der Waals surface area (Å²) < 4.78 is 50.4. The van der Waals surface area contributed by atoms with Gasteiger partial charge in [0, 0.05) is 35.1 Å². The molecule has 1 heterocycles. The SMILES string of the molecule is COc1cc2oc3c(c2cc1/C(C)=C/C(=O)Nc1cc(C(F)(F)F)ccc1Cl)CCCC3. The normalized spacial score (nSPS) is 14.4. The molecule has 1 aromatic heterocycles. The van der Waals surface area contributed by atoms with E-state index in [-0.39, 0.29) is 10.7 Å². The molecular weight excluding hydrogens is 443 g/mol. The van der Waals surface area contributed by atoms with Crippen LogP contribution in [0.5, 0.6) is 5.75 Å². The van der Waals surface area contributed by atoms with E-state index in [1.807, 2.05) is 12.1 Å². The summed E-state index contributed by atoms with van der Waals surface area (Å²) in [6, 6.07) is 6.54. The Bertz CT molecular complexity index is 1230. The molecule has 168 valence electrons. The molecule has 1 amide bonds. The molecule has 3 aromatic rings. The highest BCUT2D eigenvalue weighted by Gasteiger charge is 2.31. The van der Waals surface area contributed by atoms with Gasteiger partial charge in [0.25, 0.3) is 0 Å². The van der Waals surface area contributed by atoms with Crippen LogP contribution in [0.25, 0.3) is 16.5 Å². The molecule has 2 aromatic carbocycles. The molecular formula is C24H21ClF3NO3. The third-order valence-electron chi connectivity index (χ3n) is 5.60. The second-order valence-corrected chi connectivity index (χ2v) is 8.18. The van der Waals surface area contributed by atoms with E-state index in [0.29, 0.717) is 16.9 Å². The highest BCUT2D eigenvalue weighted by molar-refractivity contribution is 6.33. The molecule has 0 bridgehead atoms. The van der Waals surface area contributed by atoms with Crippen LogP contribution in [0.3, 0.4) is 0 Å². The van der Waals surface area contributed by atoms with Gasteiger partial charge in [-0.1, -0.05) is 11.6 Å². The van der Waals surface area contributed by atoms with Gasteiger partial charge in [-0.3, -0.25) is 4.79 Å². The van der Waals surface area contributed by atoms with Crippen molar-refractivity contribution in [2.24, 2.45) is 0 Å². The standard InChI is InChI=1S/C24H21ClF3NO3/c1-13(9-23(30)29-19-10-14(24(26,27)28)7-8-18(19)25)16-11-17-15-5-3-4-6-20(15)32-22(17)12-21(16)31-2/h7-12H,3-6H2,1-2H3,(H,29,30)/b13-9+. The number of rotatable bonds is 4. The number of methoxy groups -OCH3 is 1. The molecule has 4 rings (SSSR count). The molecule has 8 heteroatoms. The molecule has 1 aliphatic rings. The number of carbonyl (C=O) groups excluding carboxylic acids is 1. The molecule has 0 unspecified atom stereocenters. The number of alkyl halides is 3. The summed E-state index contributed by atoms with van der Waals surface area (Å²) in [5.74, 6) is 0.936. The van der Waals surface area contributed by atoms with Crippen molar-refractivity contribution in [3.63, 3.8) is 0 Å². The summed E-state index contributed by atoms with van der Waals surface area (Å²) in [7, 11) is 1.53. The van der Waals surface area contributed by atoms with Gasteiger partial charge in [0.2, 0.25) is 5.91 Å². The van der Waals surface area contributed by atoms with Gasteiger partial charge in [0.15, 0.2) is 0 Å². The van der Waals surface area contributed by atoms with Gasteiger partial charge in [-0.25, -0.2) is 0 Å². The van der Waals surface area contributed by atoms with Crippen molar-refractivity contribution in [1.82, 2.24) is 0 Å². The Hall–Kier alpha value is -2.93. The summed E-state index contributed by atoms with van der Waals surface area (Å²) in [5, 5.41) is 3.44. The Morgan fingerprint density at radius 1 is 1.19 bits per heavy atom. The maximum Gasteiger partial charge on any atom is 0.416 e. The van der Waals surface area contributed by atoms with E-state index >= 15 is 0 Å². The lowest BCUT2D eigenvalue weighted by molar-refractivity contribution is -0.137. The van der Waals surface area contributed by atoms with E-state index in [1.165, 1.54) is 18.7 Å². The molecule has 0 fully saturated rings. The van der Waals surface area contributed by atoms with Crippen LogP contribution in [0.4, 0.5) is 18.9 Å². The number of benzene rings is 2. The number of hydrogen-bond donors (Lipinski definition) is 1. The van der Waals surface area contributed by atoms with Gasteiger partial charge in [-0.05, 0) is 56.0 Å². The van der Waals surface area contributed by atoms with Gasteiger partial charge in [-0.15, -0.1) is 0 Å². The Morgan fingerprint density at radius 3 is 2.66 bits per heavy atom. The highest BCUT2D eigenvalue weighted by Crippen LogP contribution is 2.38. The summed E-state index contributed by atoms with van der Waals surface area (Å²) in [4.78, 5) is 12.6. The predicted molar refractivity (Wildman–Crippen MR) is 118 cm³/mol. The van der Waals surface area contributed by atoms with Crippen molar-refractivity contribution in [3.8, 4) is 5.75 Å². The Balaban J connectivity index is 1.66. The largest absolute Gasteiger partial charge is 0.496 e. The minimum absolute atomic E-state index is 0.0152. The first kappa shape index (κ1) is 22.3. The monoisotopic (exact) mass is 463 g/mol. The molecule has 0 aliphatic heterocycles. The summed E-state index contributed by atoms with van der Waals surface area (Å²) in [6.07, 6.45) is 0.795. The summed E-state index contributed by atoms with van der Waals surface area (Å²) >= 11 is 5.98. The van der Waals surface area contributed by atoms with E-state index in [4.69, 9.17) is 20.8 Å². The van der Waals surface area contributed by atoms with Gasteiger partial charge in [0.1, 0.15) is 17.1 Å². The minimum atomic E-state index is -4.54. The van der Waals surface area contributed by atoms with E-state index in [9.17, 15) is 18.0 Å². The average Bonchev–Trinajstić information content (AvgIpc) is 3.11. The number of allylic oxidation sites excluding steroid dienone is 1. The smallest absolute Gasteiger partial charge is 0.416 e. The molecule has 0 atom stereocenters. The van der Waals surface area contributed by atoms with E-state index in [0.717, 1.165) is 60.6 Å². The maximum atomic E-state index is 13.0. The lowest BCUT2D eigenvalue weighted by Crippen LogP contribution is -2.11. The Labute approximate surface area is 188 Å². The molecule has 1 aliphatic carbocycles. The van der Waals surface area contributed by atoms with Crippen molar-refractivity contribution in [2.45, 2.75) is 38.8 Å². The summed E-state index contributed by atoms with van der Waals surface area (Å²) in [5.41, 5.74) is 2.22. The number of nitrogens with one attached hydrogen (secondary N) is 1. The van der Waals surface area contributed by atoms with E-state index in [2.05, 4.69) is 5.32 Å². The highest BCUT2D eigenvalue weighted by atomic mass is 35.5. The fourth-order valence-corrected chi connectivity index (χ4v) is 4.17. The quantitative estimate of drug-likeness (QED) is 0.422. The zero-order valence-electron chi connectivity index (χ0n) is 17.5. The molecule has 1 N–H and O–H groups in total. The van der Waals surface area contributed by atoms with Crippen LogP contribution in [-0.4, -0.2) is 13.0 Å². The fourth-order valence-electron chi connectivity index (χ4n) is 4.01. The van der Waals surface area contributed by atoms with Gasteiger partial charge < -0.3 is 14.5 Å². The first-order valence-electron chi connectivity index (χ1n) is 10.2. The number of hydrogen-bond acceptors (Lipinski definition) is 3. The Kier molecular flexibility index (Phi) is 5.95. The van der Waals surface area contributed by atoms with Crippen molar-refractivity contribution < 1.29 is 27.1 Å². The van der Waals surface area contributed by atoms with E-state index < -0.39 is 17.6 Å². The molecule has 0 saturated heterocycles. The minimum Gasteiger partial charge on any atom is -0.496 e. The first-order chi connectivity index (χ1) is 15.2. The van der Waals surface area contributed by atoms with Crippen LogP contribution in [-0.2, 0) is 23.8 Å². The van der Waals surface area contributed by atoms with Gasteiger partial charge >= 0.3 is 6.18 Å². The number of anilines is 1. The number of amides is 1. The number of ether oxygens (including phenoxy) is 1. The lowest BCUT2D eigenvalue weighted by atomic mass is 9.94. The molecule has 0 spiro atoms. The molecule has 0 radical (unpaired) electrons. The van der Waals surface area contributed by atoms with Crippen LogP contribution in [0, 0.1) is 0 Å². The zero-order chi connectivity index (χ0) is 23.0. The first-order valence-corrected chi connectivity index (χ1v) is 10.5. The average molecular weight is 464 g/mol. The topological polar surface area (TPSA) is 51.5 Å². The van der Waals surface area contributed by atoms with Crippen LogP contribution >= 0.6 is 11.6 Å². The second-order valence-electron chi connectivity index (χ2n) is 7.77. The number of fused-ring (bicyclic) bond motifs is 3. The van der Waals surface area contributed by atoms with Crippen LogP contribution in [0.15, 0.2) is 40.8 Å². The fraction of sp³-hybridized carbons (Fsp3) is 0.292. The van der Waals surface area contributed by atoms with Crippen molar-refractivity contribution in [3.05, 3.63) is 63.9 Å². The third-order valence-corrected chi connectivity index (χ3v) is 5.93. The molecule has 0 saturated carbocycles.